The summed E-state index contributed by atoms with van der Waals surface area (Å²) in [6, 6.07) is 0. The van der Waals surface area contributed by atoms with Crippen molar-refractivity contribution in [2.24, 2.45) is 0 Å². The standard InChI is InChI=1S/C10H19FN2O2/c1-9(2,3)15-8(14)13-7-10(11)4-5-12-6-10/h12H,4-7H2,1-3H3,(H,13,14)/t10-/m1/s1. The van der Waals surface area contributed by atoms with Gasteiger partial charge in [0.15, 0.2) is 0 Å². The van der Waals surface area contributed by atoms with E-state index in [1.807, 2.05) is 0 Å². The van der Waals surface area contributed by atoms with Crippen molar-refractivity contribution in [2.45, 2.75) is 38.5 Å². The van der Waals surface area contributed by atoms with E-state index in [1.54, 1.807) is 20.8 Å². The second-order valence-electron chi connectivity index (χ2n) is 4.93. The van der Waals surface area contributed by atoms with E-state index in [-0.39, 0.29) is 6.54 Å². The molecule has 2 N–H and O–H groups in total. The summed E-state index contributed by atoms with van der Waals surface area (Å²) in [6.07, 6.45) is -0.130. The third kappa shape index (κ3) is 4.46. The number of hydrogen-bond donors (Lipinski definition) is 2. The molecule has 88 valence electrons. The van der Waals surface area contributed by atoms with Crippen LogP contribution in [0.15, 0.2) is 0 Å². The van der Waals surface area contributed by atoms with Crippen LogP contribution in [0.5, 0.6) is 0 Å². The molecule has 0 saturated carbocycles. The Labute approximate surface area is 89.6 Å². The summed E-state index contributed by atoms with van der Waals surface area (Å²) in [5, 5.41) is 5.36. The minimum Gasteiger partial charge on any atom is -0.444 e. The Bertz CT molecular complexity index is 232. The zero-order valence-electron chi connectivity index (χ0n) is 9.52. The largest absolute Gasteiger partial charge is 0.444 e. The minimum atomic E-state index is -1.32. The van der Waals surface area contributed by atoms with E-state index in [0.29, 0.717) is 19.5 Å². The highest BCUT2D eigenvalue weighted by atomic mass is 19.1. The summed E-state index contributed by atoms with van der Waals surface area (Å²) < 4.78 is 18.8. The van der Waals surface area contributed by atoms with Crippen molar-refractivity contribution < 1.29 is 13.9 Å². The van der Waals surface area contributed by atoms with Crippen molar-refractivity contribution in [1.29, 1.82) is 0 Å². The van der Waals surface area contributed by atoms with Gasteiger partial charge in [-0.2, -0.15) is 0 Å². The molecule has 0 radical (unpaired) electrons. The summed E-state index contributed by atoms with van der Waals surface area (Å²) in [5.74, 6) is 0. The maximum Gasteiger partial charge on any atom is 0.407 e. The van der Waals surface area contributed by atoms with Crippen molar-refractivity contribution in [3.05, 3.63) is 0 Å². The predicted octanol–water partition coefficient (Wildman–Crippen LogP) is 1.21. The number of amides is 1. The lowest BCUT2D eigenvalue weighted by atomic mass is 10.1. The molecule has 1 heterocycles. The molecule has 0 aromatic heterocycles. The Kier molecular flexibility index (Phi) is 3.54. The number of halogens is 1. The van der Waals surface area contributed by atoms with Crippen LogP contribution in [0.4, 0.5) is 9.18 Å². The van der Waals surface area contributed by atoms with Crippen molar-refractivity contribution in [3.63, 3.8) is 0 Å². The zero-order chi connectivity index (χ0) is 11.5. The summed E-state index contributed by atoms with van der Waals surface area (Å²) in [5.41, 5.74) is -1.86. The SMILES string of the molecule is CC(C)(C)OC(=O)NC[C@@]1(F)CCNC1. The smallest absolute Gasteiger partial charge is 0.407 e. The van der Waals surface area contributed by atoms with Crippen LogP contribution in [0.2, 0.25) is 0 Å². The molecule has 1 atom stereocenters. The van der Waals surface area contributed by atoms with Crippen LogP contribution in [0.1, 0.15) is 27.2 Å². The van der Waals surface area contributed by atoms with E-state index in [0.717, 1.165) is 0 Å². The fourth-order valence-electron chi connectivity index (χ4n) is 1.41. The van der Waals surface area contributed by atoms with E-state index in [2.05, 4.69) is 10.6 Å². The Morgan fingerprint density at radius 2 is 2.27 bits per heavy atom. The second kappa shape index (κ2) is 4.35. The van der Waals surface area contributed by atoms with Gasteiger partial charge in [-0.25, -0.2) is 9.18 Å². The maximum absolute atomic E-state index is 13.8. The molecule has 0 unspecified atom stereocenters. The molecule has 1 saturated heterocycles. The van der Waals surface area contributed by atoms with Crippen LogP contribution in [0.25, 0.3) is 0 Å². The lowest BCUT2D eigenvalue weighted by molar-refractivity contribution is 0.0485. The monoisotopic (exact) mass is 218 g/mol. The first kappa shape index (κ1) is 12.2. The number of alkyl halides is 1. The first-order valence-corrected chi connectivity index (χ1v) is 5.17. The Balaban J connectivity index is 2.28. The molecular weight excluding hydrogens is 199 g/mol. The molecule has 0 spiro atoms. The van der Waals surface area contributed by atoms with Gasteiger partial charge in [-0.05, 0) is 33.7 Å². The van der Waals surface area contributed by atoms with Gasteiger partial charge in [0.05, 0.1) is 6.54 Å². The van der Waals surface area contributed by atoms with E-state index < -0.39 is 17.4 Å². The molecule has 1 aliphatic rings. The van der Waals surface area contributed by atoms with E-state index >= 15 is 0 Å². The maximum atomic E-state index is 13.8. The van der Waals surface area contributed by atoms with Gasteiger partial charge in [-0.3, -0.25) is 0 Å². The van der Waals surface area contributed by atoms with Gasteiger partial charge in [0, 0.05) is 6.54 Å². The Morgan fingerprint density at radius 1 is 1.60 bits per heavy atom. The number of hydrogen-bond acceptors (Lipinski definition) is 3. The summed E-state index contributed by atoms with van der Waals surface area (Å²) in [6.45, 7) is 6.28. The van der Waals surface area contributed by atoms with E-state index in [4.69, 9.17) is 4.74 Å². The fraction of sp³-hybridized carbons (Fsp3) is 0.900. The molecule has 0 aromatic rings. The van der Waals surface area contributed by atoms with Crippen LogP contribution in [-0.4, -0.2) is 37.0 Å². The number of carbonyl (C=O) groups is 1. The molecule has 1 aliphatic heterocycles. The molecule has 1 fully saturated rings. The van der Waals surface area contributed by atoms with Crippen LogP contribution < -0.4 is 10.6 Å². The van der Waals surface area contributed by atoms with Gasteiger partial charge in [-0.15, -0.1) is 0 Å². The lowest BCUT2D eigenvalue weighted by Crippen LogP contribution is -2.43. The molecule has 4 nitrogen and oxygen atoms in total. The topological polar surface area (TPSA) is 50.4 Å². The van der Waals surface area contributed by atoms with Gasteiger partial charge < -0.3 is 15.4 Å². The van der Waals surface area contributed by atoms with Crippen molar-refractivity contribution in [1.82, 2.24) is 10.6 Å². The molecule has 0 aromatic carbocycles. The lowest BCUT2D eigenvalue weighted by Gasteiger charge is -2.22. The second-order valence-corrected chi connectivity index (χ2v) is 4.93. The van der Waals surface area contributed by atoms with E-state index in [9.17, 15) is 9.18 Å². The van der Waals surface area contributed by atoms with Gasteiger partial charge in [0.25, 0.3) is 0 Å². The van der Waals surface area contributed by atoms with Gasteiger partial charge >= 0.3 is 6.09 Å². The minimum absolute atomic E-state index is 0.00884. The molecule has 0 aliphatic carbocycles. The van der Waals surface area contributed by atoms with Crippen LogP contribution in [0, 0.1) is 0 Å². The quantitative estimate of drug-likeness (QED) is 0.732. The fourth-order valence-corrected chi connectivity index (χ4v) is 1.41. The average Bonchev–Trinajstić information content (AvgIpc) is 2.47. The van der Waals surface area contributed by atoms with Crippen LogP contribution in [-0.2, 0) is 4.74 Å². The first-order valence-electron chi connectivity index (χ1n) is 5.17. The highest BCUT2D eigenvalue weighted by Gasteiger charge is 2.34. The zero-order valence-corrected chi connectivity index (χ0v) is 9.52. The number of alkyl carbamates (subject to hydrolysis) is 1. The molecule has 5 heteroatoms. The highest BCUT2D eigenvalue weighted by molar-refractivity contribution is 5.67. The van der Waals surface area contributed by atoms with Gasteiger partial charge in [0.2, 0.25) is 0 Å². The van der Waals surface area contributed by atoms with Crippen molar-refractivity contribution >= 4 is 6.09 Å². The number of ether oxygens (including phenoxy) is 1. The normalized spacial score (nSPS) is 26.4. The Hall–Kier alpha value is -0.840. The van der Waals surface area contributed by atoms with Crippen LogP contribution in [0.3, 0.4) is 0 Å². The average molecular weight is 218 g/mol. The van der Waals surface area contributed by atoms with Crippen molar-refractivity contribution in [3.8, 4) is 0 Å². The first-order chi connectivity index (χ1) is 6.81. The number of rotatable bonds is 2. The molecule has 15 heavy (non-hydrogen) atoms. The van der Waals surface area contributed by atoms with Crippen molar-refractivity contribution in [2.75, 3.05) is 19.6 Å². The molecular formula is C10H19FN2O2. The molecule has 0 bridgehead atoms. The number of carbonyl (C=O) groups excluding carboxylic acids is 1. The highest BCUT2D eigenvalue weighted by Crippen LogP contribution is 2.18. The summed E-state index contributed by atoms with van der Waals surface area (Å²) >= 11 is 0. The molecule has 1 rings (SSSR count). The summed E-state index contributed by atoms with van der Waals surface area (Å²) in [7, 11) is 0. The summed E-state index contributed by atoms with van der Waals surface area (Å²) in [4.78, 5) is 11.2. The Morgan fingerprint density at radius 3 is 2.73 bits per heavy atom. The third-order valence-electron chi connectivity index (χ3n) is 2.14. The number of nitrogens with one attached hydrogen (secondary N) is 2. The third-order valence-corrected chi connectivity index (χ3v) is 2.14. The van der Waals surface area contributed by atoms with E-state index in [1.165, 1.54) is 0 Å². The van der Waals surface area contributed by atoms with Gasteiger partial charge in [-0.1, -0.05) is 0 Å². The van der Waals surface area contributed by atoms with Crippen LogP contribution >= 0.6 is 0 Å². The van der Waals surface area contributed by atoms with Gasteiger partial charge in [0.1, 0.15) is 11.3 Å². The predicted molar refractivity (Wildman–Crippen MR) is 55.6 cm³/mol. The molecule has 1 amide bonds.